The van der Waals surface area contributed by atoms with E-state index in [1.165, 1.54) is 7.11 Å². The van der Waals surface area contributed by atoms with Gasteiger partial charge in [0.05, 0.1) is 13.2 Å². The zero-order valence-corrected chi connectivity index (χ0v) is 14.5. The number of methoxy groups -OCH3 is 1. The molecule has 1 saturated carbocycles. The first-order valence-electron chi connectivity index (χ1n) is 8.78. The van der Waals surface area contributed by atoms with E-state index in [1.807, 2.05) is 24.3 Å². The maximum Gasteiger partial charge on any atom is 0.365 e. The van der Waals surface area contributed by atoms with Crippen LogP contribution in [0.4, 0.5) is 0 Å². The second-order valence-electron chi connectivity index (χ2n) is 7.01. The highest BCUT2D eigenvalue weighted by molar-refractivity contribution is 5.79. The first-order chi connectivity index (χ1) is 12.1. The fraction of sp³-hybridized carbons (Fsp3) is 0.526. The molecule has 0 radical (unpaired) electrons. The second kappa shape index (κ2) is 7.24. The van der Waals surface area contributed by atoms with Gasteiger partial charge in [-0.05, 0) is 31.2 Å². The molecule has 1 amide bonds. The molecule has 2 N–H and O–H groups in total. The number of ether oxygens (including phenoxy) is 1. The van der Waals surface area contributed by atoms with Crippen LogP contribution < -0.4 is 10.2 Å². The number of rotatable bonds is 4. The molecule has 1 unspecified atom stereocenters. The molecule has 1 aromatic rings. The van der Waals surface area contributed by atoms with Crippen LogP contribution in [0.5, 0.6) is 0 Å². The fourth-order valence-corrected chi connectivity index (χ4v) is 4.00. The van der Waals surface area contributed by atoms with Gasteiger partial charge in [-0.25, -0.2) is 4.79 Å². The number of quaternary nitrogens is 1. The number of nitrogens with zero attached hydrogens (tertiary/aromatic N) is 1. The SMILES string of the molecule is COC(=O)[C@H]1Cc2ccccc2C[NH+]1CC(=O)NC1(C#N)CCCC1. The van der Waals surface area contributed by atoms with Crippen molar-refractivity contribution in [2.75, 3.05) is 13.7 Å². The lowest BCUT2D eigenvalue weighted by Crippen LogP contribution is -3.17. The Morgan fingerprint density at radius 1 is 1.32 bits per heavy atom. The first-order valence-corrected chi connectivity index (χ1v) is 8.78. The number of carbonyl (C=O) groups is 2. The smallest absolute Gasteiger partial charge is 0.365 e. The van der Waals surface area contributed by atoms with E-state index in [2.05, 4.69) is 11.4 Å². The Balaban J connectivity index is 1.73. The highest BCUT2D eigenvalue weighted by atomic mass is 16.5. The van der Waals surface area contributed by atoms with Gasteiger partial charge >= 0.3 is 5.97 Å². The Kier molecular flexibility index (Phi) is 5.05. The van der Waals surface area contributed by atoms with Crippen molar-refractivity contribution >= 4 is 11.9 Å². The molecule has 3 rings (SSSR count). The van der Waals surface area contributed by atoms with Gasteiger partial charge < -0.3 is 15.0 Å². The Morgan fingerprint density at radius 3 is 2.64 bits per heavy atom. The van der Waals surface area contributed by atoms with E-state index in [9.17, 15) is 14.9 Å². The molecule has 0 saturated heterocycles. The molecule has 0 bridgehead atoms. The van der Waals surface area contributed by atoms with Crippen molar-refractivity contribution in [2.45, 2.75) is 50.2 Å². The van der Waals surface area contributed by atoms with Gasteiger partial charge in [-0.1, -0.05) is 24.3 Å². The highest BCUT2D eigenvalue weighted by Crippen LogP contribution is 2.28. The summed E-state index contributed by atoms with van der Waals surface area (Å²) in [6.07, 6.45) is 3.89. The summed E-state index contributed by atoms with van der Waals surface area (Å²) in [7, 11) is 1.38. The van der Waals surface area contributed by atoms with Crippen LogP contribution in [0.1, 0.15) is 36.8 Å². The predicted octanol–water partition coefficient (Wildman–Crippen LogP) is 0.122. The summed E-state index contributed by atoms with van der Waals surface area (Å²) < 4.78 is 4.95. The molecular formula is C19H24N3O3+. The number of benzene rings is 1. The number of hydrogen-bond donors (Lipinski definition) is 2. The van der Waals surface area contributed by atoms with Gasteiger partial charge in [-0.3, -0.25) is 4.79 Å². The maximum atomic E-state index is 12.6. The molecule has 1 aromatic carbocycles. The number of esters is 1. The van der Waals surface area contributed by atoms with Gasteiger partial charge in [0, 0.05) is 12.0 Å². The van der Waals surface area contributed by atoms with E-state index < -0.39 is 11.6 Å². The molecule has 132 valence electrons. The van der Waals surface area contributed by atoms with Crippen molar-refractivity contribution in [2.24, 2.45) is 0 Å². The molecular weight excluding hydrogens is 318 g/mol. The lowest BCUT2D eigenvalue weighted by molar-refractivity contribution is -0.924. The van der Waals surface area contributed by atoms with Crippen LogP contribution in [-0.4, -0.2) is 37.1 Å². The molecule has 6 heteroatoms. The summed E-state index contributed by atoms with van der Waals surface area (Å²) in [5.41, 5.74) is 1.55. The summed E-state index contributed by atoms with van der Waals surface area (Å²) >= 11 is 0. The summed E-state index contributed by atoms with van der Waals surface area (Å²) in [6, 6.07) is 9.86. The molecule has 2 atom stereocenters. The third-order valence-electron chi connectivity index (χ3n) is 5.38. The molecule has 1 heterocycles. The zero-order valence-electron chi connectivity index (χ0n) is 14.5. The number of amides is 1. The Bertz CT molecular complexity index is 704. The summed E-state index contributed by atoms with van der Waals surface area (Å²) in [6.45, 7) is 0.764. The fourth-order valence-electron chi connectivity index (χ4n) is 4.00. The number of nitriles is 1. The quantitative estimate of drug-likeness (QED) is 0.762. The number of nitrogens with one attached hydrogen (secondary N) is 2. The lowest BCUT2D eigenvalue weighted by atomic mass is 9.94. The number of fused-ring (bicyclic) bond motifs is 1. The zero-order chi connectivity index (χ0) is 17.9. The standard InChI is InChI=1S/C19H23N3O3/c1-25-18(24)16-10-14-6-2-3-7-15(14)11-22(16)12-17(23)21-19(13-20)8-4-5-9-19/h2-3,6-7,16H,4-5,8-12H2,1H3,(H,21,23)/p+1/t16-/m1/s1. The monoisotopic (exact) mass is 342 g/mol. The largest absolute Gasteiger partial charge is 0.465 e. The molecule has 0 aromatic heterocycles. The van der Waals surface area contributed by atoms with Crippen LogP contribution in [0.25, 0.3) is 0 Å². The van der Waals surface area contributed by atoms with Crippen LogP contribution >= 0.6 is 0 Å². The minimum atomic E-state index is -0.731. The normalized spacial score (nSPS) is 24.0. The van der Waals surface area contributed by atoms with Crippen LogP contribution in [0.3, 0.4) is 0 Å². The molecule has 1 aliphatic heterocycles. The number of carbonyl (C=O) groups excluding carboxylic acids is 2. The van der Waals surface area contributed by atoms with Crippen molar-refractivity contribution in [1.29, 1.82) is 5.26 Å². The van der Waals surface area contributed by atoms with Crippen molar-refractivity contribution in [3.8, 4) is 6.07 Å². The van der Waals surface area contributed by atoms with E-state index >= 15 is 0 Å². The minimum absolute atomic E-state index is 0.164. The van der Waals surface area contributed by atoms with Crippen LogP contribution in [0, 0.1) is 11.3 Å². The Morgan fingerprint density at radius 2 is 2.00 bits per heavy atom. The molecule has 1 aliphatic carbocycles. The van der Waals surface area contributed by atoms with Crippen LogP contribution in [0.2, 0.25) is 0 Å². The van der Waals surface area contributed by atoms with Crippen LogP contribution in [-0.2, 0) is 27.3 Å². The Hall–Kier alpha value is -2.39. The number of hydrogen-bond acceptors (Lipinski definition) is 4. The Labute approximate surface area is 147 Å². The van der Waals surface area contributed by atoms with Gasteiger partial charge in [-0.2, -0.15) is 5.26 Å². The highest BCUT2D eigenvalue weighted by Gasteiger charge is 2.40. The molecule has 1 fully saturated rings. The summed E-state index contributed by atoms with van der Waals surface area (Å²) in [5.74, 6) is -0.472. The van der Waals surface area contributed by atoms with E-state index in [1.54, 1.807) is 0 Å². The molecule has 6 nitrogen and oxygen atoms in total. The maximum absolute atomic E-state index is 12.6. The predicted molar refractivity (Wildman–Crippen MR) is 90.4 cm³/mol. The summed E-state index contributed by atoms with van der Waals surface area (Å²) in [5, 5.41) is 12.4. The average Bonchev–Trinajstić information content (AvgIpc) is 3.09. The van der Waals surface area contributed by atoms with E-state index in [0.717, 1.165) is 28.9 Å². The minimum Gasteiger partial charge on any atom is -0.465 e. The van der Waals surface area contributed by atoms with Crippen molar-refractivity contribution < 1.29 is 19.2 Å². The van der Waals surface area contributed by atoms with Gasteiger partial charge in [0.25, 0.3) is 5.91 Å². The van der Waals surface area contributed by atoms with Crippen LogP contribution in [0.15, 0.2) is 24.3 Å². The van der Waals surface area contributed by atoms with E-state index in [-0.39, 0.29) is 18.4 Å². The van der Waals surface area contributed by atoms with E-state index in [4.69, 9.17) is 4.74 Å². The second-order valence-corrected chi connectivity index (χ2v) is 7.01. The molecule has 25 heavy (non-hydrogen) atoms. The topological polar surface area (TPSA) is 83.6 Å². The van der Waals surface area contributed by atoms with Crippen molar-refractivity contribution in [1.82, 2.24) is 5.32 Å². The first kappa shape index (κ1) is 17.4. The van der Waals surface area contributed by atoms with E-state index in [0.29, 0.717) is 25.8 Å². The molecule has 2 aliphatic rings. The molecule has 0 spiro atoms. The van der Waals surface area contributed by atoms with Gasteiger partial charge in [0.2, 0.25) is 0 Å². The third kappa shape index (κ3) is 3.67. The van der Waals surface area contributed by atoms with Gasteiger partial charge in [-0.15, -0.1) is 0 Å². The summed E-state index contributed by atoms with van der Waals surface area (Å²) in [4.78, 5) is 25.6. The van der Waals surface area contributed by atoms with Gasteiger partial charge in [0.15, 0.2) is 12.6 Å². The third-order valence-corrected chi connectivity index (χ3v) is 5.38. The van der Waals surface area contributed by atoms with Gasteiger partial charge in [0.1, 0.15) is 12.1 Å². The van der Waals surface area contributed by atoms with Crippen molar-refractivity contribution in [3.05, 3.63) is 35.4 Å². The average molecular weight is 342 g/mol. The lowest BCUT2D eigenvalue weighted by Gasteiger charge is -2.32. The van der Waals surface area contributed by atoms with Crippen molar-refractivity contribution in [3.63, 3.8) is 0 Å².